The predicted octanol–water partition coefficient (Wildman–Crippen LogP) is 1.30. The van der Waals surface area contributed by atoms with Crippen LogP contribution in [0.2, 0.25) is 0 Å². The molecule has 1 aromatic heterocycles. The van der Waals surface area contributed by atoms with Gasteiger partial charge >= 0.3 is 0 Å². The number of carbonyl (C=O) groups excluding carboxylic acids is 1. The maximum Gasteiger partial charge on any atom is 0.219 e. The van der Waals surface area contributed by atoms with Crippen LogP contribution in [0.4, 0.5) is 0 Å². The minimum Gasteiger partial charge on any atom is -0.394 e. The van der Waals surface area contributed by atoms with E-state index in [1.165, 1.54) is 0 Å². The van der Waals surface area contributed by atoms with Crippen molar-refractivity contribution in [3.8, 4) is 0 Å². The number of likely N-dealkylation sites (tertiary alicyclic amines) is 2. The molecule has 3 heterocycles. The average Bonchev–Trinajstić information content (AvgIpc) is 3.04. The summed E-state index contributed by atoms with van der Waals surface area (Å²) in [7, 11) is 0. The Hall–Kier alpha value is -1.40. The molecule has 0 radical (unpaired) electrons. The second-order valence-corrected chi connectivity index (χ2v) is 7.69. The van der Waals surface area contributed by atoms with E-state index in [-0.39, 0.29) is 17.9 Å². The van der Waals surface area contributed by atoms with Crippen molar-refractivity contribution in [2.45, 2.75) is 52.1 Å². The van der Waals surface area contributed by atoms with E-state index < -0.39 is 5.54 Å². The van der Waals surface area contributed by atoms with E-state index in [9.17, 15) is 9.90 Å². The van der Waals surface area contributed by atoms with Gasteiger partial charge in [0, 0.05) is 25.7 Å². The summed E-state index contributed by atoms with van der Waals surface area (Å²) in [4.78, 5) is 23.8. The summed E-state index contributed by atoms with van der Waals surface area (Å²) in [6.45, 7) is 9.46. The average molecular weight is 320 g/mol. The van der Waals surface area contributed by atoms with Gasteiger partial charge in [0.05, 0.1) is 24.2 Å². The number of aliphatic hydroxyl groups excluding tert-OH is 1. The number of amides is 1. The first-order valence-electron chi connectivity index (χ1n) is 8.48. The summed E-state index contributed by atoms with van der Waals surface area (Å²) in [6, 6.07) is 0. The van der Waals surface area contributed by atoms with Crippen molar-refractivity contribution in [3.05, 3.63) is 17.7 Å². The van der Waals surface area contributed by atoms with Gasteiger partial charge in [-0.1, -0.05) is 0 Å². The van der Waals surface area contributed by atoms with Crippen LogP contribution in [-0.4, -0.2) is 62.6 Å². The van der Waals surface area contributed by atoms with Crippen molar-refractivity contribution in [1.82, 2.24) is 19.8 Å². The largest absolute Gasteiger partial charge is 0.394 e. The highest BCUT2D eigenvalue weighted by Gasteiger charge is 2.52. The van der Waals surface area contributed by atoms with Crippen LogP contribution in [-0.2, 0) is 11.3 Å². The number of aromatic nitrogens is 2. The summed E-state index contributed by atoms with van der Waals surface area (Å²) < 4.78 is 0. The van der Waals surface area contributed by atoms with Crippen molar-refractivity contribution in [1.29, 1.82) is 0 Å². The molecule has 6 nitrogen and oxygen atoms in total. The highest BCUT2D eigenvalue weighted by molar-refractivity contribution is 5.74. The number of rotatable bonds is 3. The Bertz CT molecular complexity index is 577. The lowest BCUT2D eigenvalue weighted by Crippen LogP contribution is -2.46. The fraction of sp³-hybridized carbons (Fsp3) is 0.765. The van der Waals surface area contributed by atoms with E-state index in [0.717, 1.165) is 56.8 Å². The van der Waals surface area contributed by atoms with Crippen LogP contribution in [0.15, 0.2) is 6.33 Å². The molecule has 6 heteroatoms. The number of piperidine rings is 1. The van der Waals surface area contributed by atoms with Gasteiger partial charge in [-0.3, -0.25) is 9.69 Å². The molecule has 2 aliphatic rings. The van der Waals surface area contributed by atoms with Crippen LogP contribution in [0.3, 0.4) is 0 Å². The Morgan fingerprint density at radius 2 is 2.13 bits per heavy atom. The minimum absolute atomic E-state index is 0.0461. The predicted molar refractivity (Wildman–Crippen MR) is 87.8 cm³/mol. The van der Waals surface area contributed by atoms with Gasteiger partial charge in [-0.15, -0.1) is 0 Å². The SMILES string of the molecule is CC(=O)N1CC2(CCN(Cc3nc[nH]c3C)CC2)C[C@@]1(C)CO. The highest BCUT2D eigenvalue weighted by atomic mass is 16.3. The molecule has 2 fully saturated rings. The van der Waals surface area contributed by atoms with Gasteiger partial charge in [-0.05, 0) is 51.6 Å². The lowest BCUT2D eigenvalue weighted by Gasteiger charge is -2.39. The van der Waals surface area contributed by atoms with E-state index in [4.69, 9.17) is 0 Å². The van der Waals surface area contributed by atoms with Gasteiger partial charge in [0.1, 0.15) is 0 Å². The van der Waals surface area contributed by atoms with Crippen LogP contribution in [0.5, 0.6) is 0 Å². The normalized spacial score (nSPS) is 27.7. The van der Waals surface area contributed by atoms with Crippen LogP contribution < -0.4 is 0 Å². The molecule has 0 unspecified atom stereocenters. The molecule has 2 aliphatic heterocycles. The van der Waals surface area contributed by atoms with Crippen LogP contribution in [0.1, 0.15) is 44.5 Å². The summed E-state index contributed by atoms with van der Waals surface area (Å²) >= 11 is 0. The molecule has 0 aliphatic carbocycles. The van der Waals surface area contributed by atoms with Gasteiger partial charge in [0.15, 0.2) is 0 Å². The van der Waals surface area contributed by atoms with Gasteiger partial charge in [0.25, 0.3) is 0 Å². The summed E-state index contributed by atoms with van der Waals surface area (Å²) in [5.41, 5.74) is 2.03. The molecule has 3 rings (SSSR count). The molecule has 128 valence electrons. The number of aromatic amines is 1. The topological polar surface area (TPSA) is 72.5 Å². The minimum atomic E-state index is -0.396. The number of hydrogen-bond donors (Lipinski definition) is 2. The van der Waals surface area contributed by atoms with Crippen molar-refractivity contribution in [2.75, 3.05) is 26.2 Å². The number of carbonyl (C=O) groups is 1. The molecule has 1 amide bonds. The Morgan fingerprint density at radius 3 is 2.61 bits per heavy atom. The van der Waals surface area contributed by atoms with Crippen molar-refractivity contribution >= 4 is 5.91 Å². The number of aliphatic hydroxyl groups is 1. The van der Waals surface area contributed by atoms with Gasteiger partial charge < -0.3 is 15.0 Å². The molecule has 0 saturated carbocycles. The van der Waals surface area contributed by atoms with Crippen LogP contribution in [0.25, 0.3) is 0 Å². The zero-order valence-electron chi connectivity index (χ0n) is 14.4. The molecule has 1 atom stereocenters. The zero-order chi connectivity index (χ0) is 16.7. The summed E-state index contributed by atoms with van der Waals surface area (Å²) in [6.07, 6.45) is 4.82. The number of H-pyrrole nitrogens is 1. The van der Waals surface area contributed by atoms with Gasteiger partial charge in [-0.25, -0.2) is 4.98 Å². The molecule has 0 bridgehead atoms. The Labute approximate surface area is 137 Å². The van der Waals surface area contributed by atoms with E-state index in [1.54, 1.807) is 13.3 Å². The molecular formula is C17H28N4O2. The van der Waals surface area contributed by atoms with Crippen molar-refractivity contribution in [2.24, 2.45) is 5.41 Å². The smallest absolute Gasteiger partial charge is 0.219 e. The van der Waals surface area contributed by atoms with Crippen molar-refractivity contribution in [3.63, 3.8) is 0 Å². The monoisotopic (exact) mass is 320 g/mol. The summed E-state index contributed by atoms with van der Waals surface area (Å²) in [5.74, 6) is 0.0769. The van der Waals surface area contributed by atoms with Crippen LogP contribution >= 0.6 is 0 Å². The first-order valence-corrected chi connectivity index (χ1v) is 8.48. The highest BCUT2D eigenvalue weighted by Crippen LogP contribution is 2.48. The number of imidazole rings is 1. The molecule has 23 heavy (non-hydrogen) atoms. The molecule has 2 N–H and O–H groups in total. The second-order valence-electron chi connectivity index (χ2n) is 7.69. The fourth-order valence-electron chi connectivity index (χ4n) is 4.40. The Balaban J connectivity index is 1.64. The molecular weight excluding hydrogens is 292 g/mol. The van der Waals surface area contributed by atoms with Crippen LogP contribution in [0, 0.1) is 12.3 Å². The van der Waals surface area contributed by atoms with Crippen molar-refractivity contribution < 1.29 is 9.90 Å². The first-order chi connectivity index (χ1) is 10.9. The maximum absolute atomic E-state index is 12.0. The Morgan fingerprint density at radius 1 is 1.43 bits per heavy atom. The lowest BCUT2D eigenvalue weighted by molar-refractivity contribution is -0.134. The first kappa shape index (κ1) is 16.5. The van der Waals surface area contributed by atoms with E-state index in [2.05, 4.69) is 21.8 Å². The number of nitrogens with zero attached hydrogens (tertiary/aromatic N) is 3. The Kier molecular flexibility index (Phi) is 4.23. The third-order valence-corrected chi connectivity index (χ3v) is 5.85. The number of nitrogens with one attached hydrogen (secondary N) is 1. The number of aryl methyl sites for hydroxylation is 1. The van der Waals surface area contributed by atoms with E-state index >= 15 is 0 Å². The molecule has 2 saturated heterocycles. The third-order valence-electron chi connectivity index (χ3n) is 5.85. The summed E-state index contributed by atoms with van der Waals surface area (Å²) in [5, 5.41) is 9.80. The lowest BCUT2D eigenvalue weighted by atomic mass is 9.74. The van der Waals surface area contributed by atoms with E-state index in [1.807, 2.05) is 11.8 Å². The van der Waals surface area contributed by atoms with Gasteiger partial charge in [0.2, 0.25) is 5.91 Å². The maximum atomic E-state index is 12.0. The third kappa shape index (κ3) is 3.02. The molecule has 1 aromatic rings. The number of hydrogen-bond acceptors (Lipinski definition) is 4. The van der Waals surface area contributed by atoms with E-state index in [0.29, 0.717) is 0 Å². The fourth-order valence-corrected chi connectivity index (χ4v) is 4.40. The molecule has 1 spiro atoms. The zero-order valence-corrected chi connectivity index (χ0v) is 14.4. The van der Waals surface area contributed by atoms with Gasteiger partial charge in [-0.2, -0.15) is 0 Å². The quantitative estimate of drug-likeness (QED) is 0.881. The molecule has 0 aromatic carbocycles. The standard InChI is InChI=1S/C17H28N4O2/c1-13-15(19-12-18-13)8-20-6-4-17(5-7-20)9-16(3,11-22)21(10-17)14(2)23/h12,22H,4-11H2,1-3H3,(H,18,19)/t16-/m0/s1. The second kappa shape index (κ2) is 5.91.